The Bertz CT molecular complexity index is 894. The number of fused-ring (bicyclic) bond motifs is 4. The van der Waals surface area contributed by atoms with Crippen LogP contribution in [0.3, 0.4) is 0 Å². The summed E-state index contributed by atoms with van der Waals surface area (Å²) in [6.45, 7) is 6.74. The van der Waals surface area contributed by atoms with Gasteiger partial charge in [-0.2, -0.15) is 5.01 Å². The molecule has 1 saturated heterocycles. The molecule has 0 saturated carbocycles. The van der Waals surface area contributed by atoms with E-state index in [4.69, 9.17) is 4.74 Å². The summed E-state index contributed by atoms with van der Waals surface area (Å²) in [5.74, 6) is 1.59. The van der Waals surface area contributed by atoms with E-state index in [0.717, 1.165) is 31.7 Å². The summed E-state index contributed by atoms with van der Waals surface area (Å²) in [7, 11) is 2.28. The summed E-state index contributed by atoms with van der Waals surface area (Å²) in [5.41, 5.74) is 8.52. The van der Waals surface area contributed by atoms with Gasteiger partial charge in [0.2, 0.25) is 0 Å². The van der Waals surface area contributed by atoms with E-state index in [1.807, 2.05) is 0 Å². The van der Waals surface area contributed by atoms with Crippen LogP contribution in [0.25, 0.3) is 5.70 Å². The van der Waals surface area contributed by atoms with Crippen LogP contribution in [0.2, 0.25) is 0 Å². The fraction of sp³-hybridized carbons (Fsp3) is 0.417. The summed E-state index contributed by atoms with van der Waals surface area (Å²) in [6, 6.07) is 17.7. The molecule has 1 fully saturated rings. The van der Waals surface area contributed by atoms with Crippen molar-refractivity contribution in [2.24, 2.45) is 0 Å². The first-order valence-corrected chi connectivity index (χ1v) is 10.5. The molecule has 1 spiro atoms. The van der Waals surface area contributed by atoms with Crippen molar-refractivity contribution in [3.63, 3.8) is 0 Å². The Balaban J connectivity index is 1.52. The number of ether oxygens (including phenoxy) is 1. The molecule has 3 aliphatic heterocycles. The number of nitrogens with zero attached hydrogens (tertiary/aromatic N) is 1. The topological polar surface area (TPSA) is 28.9 Å². The first kappa shape index (κ1) is 17.8. The molecule has 2 N–H and O–H groups in total. The lowest BCUT2D eigenvalue weighted by Gasteiger charge is -2.50. The molecule has 2 aromatic rings. The van der Waals surface area contributed by atoms with Crippen LogP contribution >= 0.6 is 0 Å². The third-order valence-corrected chi connectivity index (χ3v) is 6.59. The molecule has 3 aliphatic rings. The van der Waals surface area contributed by atoms with Gasteiger partial charge in [-0.3, -0.25) is 0 Å². The maximum atomic E-state index is 6.67. The molecule has 0 amide bonds. The zero-order valence-electron chi connectivity index (χ0n) is 17.0. The van der Waals surface area contributed by atoms with Crippen LogP contribution in [-0.4, -0.2) is 30.9 Å². The monoisotopic (exact) mass is 376 g/mol. The number of benzene rings is 2. The lowest BCUT2D eigenvalue weighted by Crippen LogP contribution is -3.11. The van der Waals surface area contributed by atoms with Gasteiger partial charge < -0.3 is 15.1 Å². The molecule has 28 heavy (non-hydrogen) atoms. The average molecular weight is 377 g/mol. The molecule has 0 aromatic heterocycles. The van der Waals surface area contributed by atoms with Gasteiger partial charge in [0.25, 0.3) is 0 Å². The zero-order chi connectivity index (χ0) is 19.3. The number of hydrogen-bond acceptors (Lipinski definition) is 3. The van der Waals surface area contributed by atoms with Crippen molar-refractivity contribution in [2.45, 2.75) is 44.4 Å². The smallest absolute Gasteiger partial charge is 0.191 e. The summed E-state index contributed by atoms with van der Waals surface area (Å²) in [4.78, 5) is 1.58. The molecule has 4 nitrogen and oxygen atoms in total. The third kappa shape index (κ3) is 2.83. The van der Waals surface area contributed by atoms with E-state index in [9.17, 15) is 0 Å². The quantitative estimate of drug-likeness (QED) is 0.844. The summed E-state index contributed by atoms with van der Waals surface area (Å²) in [6.07, 6.45) is 4.44. The average Bonchev–Trinajstić information content (AvgIpc) is 3.17. The van der Waals surface area contributed by atoms with E-state index in [1.165, 1.54) is 22.4 Å². The summed E-state index contributed by atoms with van der Waals surface area (Å²) < 4.78 is 6.67. The van der Waals surface area contributed by atoms with Crippen molar-refractivity contribution in [2.75, 3.05) is 20.1 Å². The molecule has 3 heterocycles. The lowest BCUT2D eigenvalue weighted by molar-refractivity contribution is -0.888. The van der Waals surface area contributed by atoms with Crippen LogP contribution in [0, 0.1) is 0 Å². The molecule has 4 heteroatoms. The second-order valence-electron chi connectivity index (χ2n) is 8.83. The first-order valence-electron chi connectivity index (χ1n) is 10.5. The minimum absolute atomic E-state index is 0.211. The molecular formula is C24H30N3O+. The Morgan fingerprint density at radius 3 is 2.50 bits per heavy atom. The molecule has 0 aliphatic carbocycles. The molecule has 0 bridgehead atoms. The van der Waals surface area contributed by atoms with Gasteiger partial charge in [-0.1, -0.05) is 56.3 Å². The Morgan fingerprint density at radius 1 is 1.07 bits per heavy atom. The second-order valence-corrected chi connectivity index (χ2v) is 8.83. The highest BCUT2D eigenvalue weighted by Crippen LogP contribution is 2.47. The fourth-order valence-corrected chi connectivity index (χ4v) is 4.74. The minimum atomic E-state index is -0.269. The standard InChI is InChI=1S/C24H29N3O/c1-17(2)18-8-10-19(11-9-18)21-16-22-20-6-4-5-7-23(20)28-24(27(22)25-21)12-14-26(3)15-13-24/h4-11,16-17,22,25H,12-15H2,1-3H3/p+1/t22-/m0/s1. The highest BCUT2D eigenvalue weighted by Gasteiger charge is 2.52. The van der Waals surface area contributed by atoms with Crippen LogP contribution in [0.5, 0.6) is 5.75 Å². The Hall–Kier alpha value is -2.30. The van der Waals surface area contributed by atoms with Crippen LogP contribution in [0.15, 0.2) is 54.6 Å². The second kappa shape index (κ2) is 6.64. The number of hydrogen-bond donors (Lipinski definition) is 2. The number of rotatable bonds is 2. The van der Waals surface area contributed by atoms with Crippen molar-refractivity contribution < 1.29 is 9.64 Å². The van der Waals surface area contributed by atoms with Gasteiger partial charge in [0, 0.05) is 5.56 Å². The van der Waals surface area contributed by atoms with Crippen molar-refractivity contribution >= 4 is 5.70 Å². The van der Waals surface area contributed by atoms with Crippen molar-refractivity contribution in [3.05, 3.63) is 71.3 Å². The van der Waals surface area contributed by atoms with Gasteiger partial charge in [-0.25, -0.2) is 0 Å². The van der Waals surface area contributed by atoms with Gasteiger partial charge in [-0.15, -0.1) is 0 Å². The van der Waals surface area contributed by atoms with E-state index in [1.54, 1.807) is 4.90 Å². The van der Waals surface area contributed by atoms with Crippen molar-refractivity contribution in [3.8, 4) is 5.75 Å². The van der Waals surface area contributed by atoms with Gasteiger partial charge in [0.1, 0.15) is 5.75 Å². The fourth-order valence-electron chi connectivity index (χ4n) is 4.74. The number of quaternary nitrogens is 1. The van der Waals surface area contributed by atoms with Gasteiger partial charge >= 0.3 is 0 Å². The zero-order valence-corrected chi connectivity index (χ0v) is 17.0. The Morgan fingerprint density at radius 2 is 1.79 bits per heavy atom. The van der Waals surface area contributed by atoms with Crippen LogP contribution < -0.4 is 15.1 Å². The molecule has 2 aromatic carbocycles. The number of piperidine rings is 1. The molecular weight excluding hydrogens is 346 g/mol. The van der Waals surface area contributed by atoms with Gasteiger partial charge in [0.15, 0.2) is 5.72 Å². The Kier molecular flexibility index (Phi) is 4.22. The van der Waals surface area contributed by atoms with Crippen LogP contribution in [-0.2, 0) is 0 Å². The predicted octanol–water partition coefficient (Wildman–Crippen LogP) is 3.11. The summed E-state index contributed by atoms with van der Waals surface area (Å²) >= 11 is 0. The molecule has 0 radical (unpaired) electrons. The van der Waals surface area contributed by atoms with Crippen LogP contribution in [0.4, 0.5) is 0 Å². The van der Waals surface area contributed by atoms with E-state index >= 15 is 0 Å². The highest BCUT2D eigenvalue weighted by molar-refractivity contribution is 5.68. The van der Waals surface area contributed by atoms with Crippen molar-refractivity contribution in [1.82, 2.24) is 10.4 Å². The largest absolute Gasteiger partial charge is 0.470 e. The maximum absolute atomic E-state index is 6.67. The Labute approximate surface area is 167 Å². The number of likely N-dealkylation sites (tertiary alicyclic amines) is 1. The van der Waals surface area contributed by atoms with E-state index < -0.39 is 0 Å². The molecule has 0 unspecified atom stereocenters. The van der Waals surface area contributed by atoms with Gasteiger partial charge in [0.05, 0.1) is 44.7 Å². The van der Waals surface area contributed by atoms with E-state index in [-0.39, 0.29) is 11.8 Å². The van der Waals surface area contributed by atoms with E-state index in [0.29, 0.717) is 5.92 Å². The van der Waals surface area contributed by atoms with Gasteiger partial charge in [-0.05, 0) is 29.2 Å². The number of hydrazine groups is 1. The molecule has 5 rings (SSSR count). The maximum Gasteiger partial charge on any atom is 0.191 e. The molecule has 146 valence electrons. The molecule has 1 atom stereocenters. The third-order valence-electron chi connectivity index (χ3n) is 6.59. The van der Waals surface area contributed by atoms with Crippen molar-refractivity contribution in [1.29, 1.82) is 0 Å². The highest BCUT2D eigenvalue weighted by atomic mass is 16.5. The SMILES string of the molecule is CC(C)c1ccc(C2=C[C@H]3c4ccccc4OC4(CC[NH+](C)CC4)N3N2)cc1. The normalized spacial score (nSPS) is 29.1. The first-order chi connectivity index (χ1) is 13.6. The summed E-state index contributed by atoms with van der Waals surface area (Å²) in [5, 5.41) is 2.38. The lowest BCUT2D eigenvalue weighted by atomic mass is 9.93. The number of para-hydroxylation sites is 1. The van der Waals surface area contributed by atoms with E-state index in [2.05, 4.69) is 85.9 Å². The van der Waals surface area contributed by atoms with Crippen LogP contribution in [0.1, 0.15) is 55.3 Å². The predicted molar refractivity (Wildman–Crippen MR) is 112 cm³/mol. The minimum Gasteiger partial charge on any atom is -0.470 e. The number of nitrogens with one attached hydrogen (secondary N) is 2.